The van der Waals surface area contributed by atoms with Crippen molar-refractivity contribution in [1.29, 1.82) is 0 Å². The molecule has 25 heavy (non-hydrogen) atoms. The zero-order valence-electron chi connectivity index (χ0n) is 13.6. The lowest BCUT2D eigenvalue weighted by Crippen LogP contribution is -2.04. The molecular formula is C20H16N2O3. The number of H-pyrrole nitrogens is 1. The Bertz CT molecular complexity index is 1170. The van der Waals surface area contributed by atoms with E-state index < -0.39 is 5.97 Å². The number of rotatable bonds is 3. The monoisotopic (exact) mass is 332 g/mol. The lowest BCUT2D eigenvalue weighted by molar-refractivity contribution is 0.0697. The number of aromatic nitrogens is 2. The van der Waals surface area contributed by atoms with Gasteiger partial charge >= 0.3 is 5.97 Å². The van der Waals surface area contributed by atoms with Crippen molar-refractivity contribution in [2.75, 3.05) is 0 Å². The van der Waals surface area contributed by atoms with Crippen molar-refractivity contribution < 1.29 is 9.90 Å². The second kappa shape index (κ2) is 5.63. The fourth-order valence-corrected chi connectivity index (χ4v) is 3.35. The maximum absolute atomic E-state index is 11.9. The van der Waals surface area contributed by atoms with Crippen molar-refractivity contribution in [2.24, 2.45) is 0 Å². The van der Waals surface area contributed by atoms with E-state index in [1.807, 2.05) is 37.4 Å². The van der Waals surface area contributed by atoms with Crippen LogP contribution in [0, 0.1) is 6.92 Å². The van der Waals surface area contributed by atoms with Crippen molar-refractivity contribution in [3.8, 4) is 0 Å². The van der Waals surface area contributed by atoms with E-state index in [1.165, 1.54) is 0 Å². The molecule has 2 aromatic carbocycles. The van der Waals surface area contributed by atoms with Crippen LogP contribution in [-0.4, -0.2) is 20.6 Å². The van der Waals surface area contributed by atoms with E-state index in [1.54, 1.807) is 24.3 Å². The molecule has 2 N–H and O–H groups in total. The van der Waals surface area contributed by atoms with Crippen molar-refractivity contribution >= 4 is 27.8 Å². The van der Waals surface area contributed by atoms with Gasteiger partial charge in [0.15, 0.2) is 5.43 Å². The molecule has 0 bridgehead atoms. The first-order valence-corrected chi connectivity index (χ1v) is 7.97. The van der Waals surface area contributed by atoms with Crippen LogP contribution in [0.25, 0.3) is 21.8 Å². The number of fused-ring (bicyclic) bond motifs is 3. The standard InChI is InChI=1S/C20H16N2O3/c1-12-19-17(8-9-21-12)16-7-6-15(23)10-18(16)22(19)11-13-2-4-14(5-3-13)20(24)25/h2-10,21H,11H2,1H3,(H,24,25). The summed E-state index contributed by atoms with van der Waals surface area (Å²) in [7, 11) is 0. The molecule has 0 fully saturated rings. The maximum Gasteiger partial charge on any atom is 0.335 e. The summed E-state index contributed by atoms with van der Waals surface area (Å²) >= 11 is 0. The van der Waals surface area contributed by atoms with Gasteiger partial charge in [0.25, 0.3) is 0 Å². The van der Waals surface area contributed by atoms with E-state index in [0.717, 1.165) is 33.1 Å². The molecule has 0 amide bonds. The van der Waals surface area contributed by atoms with Gasteiger partial charge in [-0.05, 0) is 42.8 Å². The highest BCUT2D eigenvalue weighted by molar-refractivity contribution is 6.08. The molecule has 2 heterocycles. The number of benzene rings is 2. The fourth-order valence-electron chi connectivity index (χ4n) is 3.35. The second-order valence-electron chi connectivity index (χ2n) is 6.13. The Morgan fingerprint density at radius 1 is 1.08 bits per heavy atom. The summed E-state index contributed by atoms with van der Waals surface area (Å²) < 4.78 is 2.10. The summed E-state index contributed by atoms with van der Waals surface area (Å²) in [4.78, 5) is 26.1. The lowest BCUT2D eigenvalue weighted by atomic mass is 10.1. The lowest BCUT2D eigenvalue weighted by Gasteiger charge is -2.09. The number of hydrogen-bond acceptors (Lipinski definition) is 2. The first-order valence-electron chi connectivity index (χ1n) is 7.97. The third kappa shape index (κ3) is 2.50. The first kappa shape index (κ1) is 15.2. The third-order valence-corrected chi connectivity index (χ3v) is 4.52. The van der Waals surface area contributed by atoms with E-state index in [4.69, 9.17) is 5.11 Å². The smallest absolute Gasteiger partial charge is 0.335 e. The van der Waals surface area contributed by atoms with Crippen LogP contribution < -0.4 is 5.43 Å². The molecule has 5 heteroatoms. The molecule has 2 aromatic heterocycles. The Hall–Kier alpha value is -3.34. The average molecular weight is 332 g/mol. The predicted molar refractivity (Wildman–Crippen MR) is 97.3 cm³/mol. The quantitative estimate of drug-likeness (QED) is 0.602. The number of nitrogens with one attached hydrogen (secondary N) is 1. The summed E-state index contributed by atoms with van der Waals surface area (Å²) in [6.07, 6.45) is 1.90. The largest absolute Gasteiger partial charge is 0.478 e. The van der Waals surface area contributed by atoms with Crippen molar-refractivity contribution in [2.45, 2.75) is 13.5 Å². The van der Waals surface area contributed by atoms with Crippen LogP contribution in [0.15, 0.2) is 59.5 Å². The number of carboxylic acid groups (broad SMARTS) is 1. The number of carbonyl (C=O) groups is 1. The molecule has 0 atom stereocenters. The molecule has 0 spiro atoms. The average Bonchev–Trinajstić information content (AvgIpc) is 2.90. The van der Waals surface area contributed by atoms with Gasteiger partial charge in [-0.3, -0.25) is 4.79 Å². The molecule has 4 rings (SSSR count). The Kier molecular flexibility index (Phi) is 3.42. The molecule has 5 nitrogen and oxygen atoms in total. The zero-order chi connectivity index (χ0) is 17.6. The molecule has 4 aromatic rings. The van der Waals surface area contributed by atoms with Crippen molar-refractivity contribution in [3.63, 3.8) is 0 Å². The Morgan fingerprint density at radius 2 is 1.84 bits per heavy atom. The van der Waals surface area contributed by atoms with Gasteiger partial charge in [0.05, 0.1) is 16.6 Å². The van der Waals surface area contributed by atoms with Crippen LogP contribution in [0.4, 0.5) is 0 Å². The number of aromatic carboxylic acids is 1. The van der Waals surface area contributed by atoms with Crippen LogP contribution in [-0.2, 0) is 6.54 Å². The van der Waals surface area contributed by atoms with Crippen LogP contribution in [0.5, 0.6) is 0 Å². The molecule has 0 unspecified atom stereocenters. The van der Waals surface area contributed by atoms with E-state index in [2.05, 4.69) is 9.55 Å². The summed E-state index contributed by atoms with van der Waals surface area (Å²) in [5, 5.41) is 11.2. The number of carboxylic acids is 1. The highest BCUT2D eigenvalue weighted by atomic mass is 16.4. The van der Waals surface area contributed by atoms with Gasteiger partial charge in [0.1, 0.15) is 0 Å². The van der Waals surface area contributed by atoms with E-state index >= 15 is 0 Å². The number of nitrogens with zero attached hydrogens (tertiary/aromatic N) is 1. The first-order chi connectivity index (χ1) is 12.0. The maximum atomic E-state index is 11.9. The molecule has 0 radical (unpaired) electrons. The Balaban J connectivity index is 1.94. The number of hydrogen-bond donors (Lipinski definition) is 2. The van der Waals surface area contributed by atoms with Gasteiger partial charge in [0.2, 0.25) is 0 Å². The van der Waals surface area contributed by atoms with E-state index in [9.17, 15) is 9.59 Å². The van der Waals surface area contributed by atoms with Crippen molar-refractivity contribution in [3.05, 3.63) is 81.8 Å². The highest BCUT2D eigenvalue weighted by Gasteiger charge is 2.13. The fraction of sp³-hybridized carbons (Fsp3) is 0.100. The minimum atomic E-state index is -0.940. The SMILES string of the molecule is Cc1[nH]ccc2c3ccc(=O)cc3n(Cc3ccc(C(=O)O)cc3)c12. The zero-order valence-corrected chi connectivity index (χ0v) is 13.6. The number of aromatic amines is 1. The normalized spacial score (nSPS) is 11.2. The van der Waals surface area contributed by atoms with Crippen LogP contribution in [0.3, 0.4) is 0 Å². The van der Waals surface area contributed by atoms with Crippen LogP contribution in [0.2, 0.25) is 0 Å². The number of pyridine rings is 1. The molecule has 124 valence electrons. The molecule has 0 saturated carbocycles. The topological polar surface area (TPSA) is 75.1 Å². The van der Waals surface area contributed by atoms with Gasteiger partial charge in [0, 0.05) is 35.3 Å². The minimum absolute atomic E-state index is 0.0283. The Labute approximate surface area is 143 Å². The van der Waals surface area contributed by atoms with Gasteiger partial charge in [-0.2, -0.15) is 0 Å². The van der Waals surface area contributed by atoms with Gasteiger partial charge < -0.3 is 14.7 Å². The summed E-state index contributed by atoms with van der Waals surface area (Å²) in [6.45, 7) is 2.56. The van der Waals surface area contributed by atoms with Gasteiger partial charge in [-0.15, -0.1) is 0 Å². The summed E-state index contributed by atoms with van der Waals surface area (Å²) in [6, 6.07) is 13.9. The van der Waals surface area contributed by atoms with Crippen LogP contribution >= 0.6 is 0 Å². The molecule has 0 saturated heterocycles. The highest BCUT2D eigenvalue weighted by Crippen LogP contribution is 2.30. The number of aryl methyl sites for hydroxylation is 1. The van der Waals surface area contributed by atoms with Crippen molar-refractivity contribution in [1.82, 2.24) is 9.55 Å². The second-order valence-corrected chi connectivity index (χ2v) is 6.13. The minimum Gasteiger partial charge on any atom is -0.478 e. The molecule has 0 aliphatic heterocycles. The molecular weight excluding hydrogens is 316 g/mol. The van der Waals surface area contributed by atoms with E-state index in [0.29, 0.717) is 6.54 Å². The molecule has 0 aliphatic carbocycles. The predicted octanol–water partition coefficient (Wildman–Crippen LogP) is 3.54. The van der Waals surface area contributed by atoms with Gasteiger partial charge in [-0.25, -0.2) is 4.79 Å². The third-order valence-electron chi connectivity index (χ3n) is 4.52. The van der Waals surface area contributed by atoms with Gasteiger partial charge in [-0.1, -0.05) is 12.1 Å². The summed E-state index contributed by atoms with van der Waals surface area (Å²) in [5.74, 6) is -0.940. The Morgan fingerprint density at radius 3 is 2.56 bits per heavy atom. The van der Waals surface area contributed by atoms with E-state index in [-0.39, 0.29) is 11.0 Å². The molecule has 0 aliphatic rings. The summed E-state index contributed by atoms with van der Waals surface area (Å²) in [5.41, 5.74) is 4.15. The van der Waals surface area contributed by atoms with Crippen LogP contribution in [0.1, 0.15) is 21.6 Å².